The summed E-state index contributed by atoms with van der Waals surface area (Å²) in [5.41, 5.74) is -0.745. The maximum Gasteiger partial charge on any atom is 0.417 e. The molecule has 3 rings (SSSR count). The highest BCUT2D eigenvalue weighted by atomic mass is 19.4. The zero-order chi connectivity index (χ0) is 14.2. The predicted octanol–water partition coefficient (Wildman–Crippen LogP) is 2.12. The van der Waals surface area contributed by atoms with Gasteiger partial charge in [-0.3, -0.25) is 0 Å². The number of anilines is 1. The maximum absolute atomic E-state index is 12.4. The molecule has 0 fully saturated rings. The van der Waals surface area contributed by atoms with Gasteiger partial charge in [-0.15, -0.1) is 0 Å². The van der Waals surface area contributed by atoms with E-state index in [0.29, 0.717) is 12.4 Å². The molecule has 20 heavy (non-hydrogen) atoms. The average molecular weight is 283 g/mol. The third-order valence-corrected chi connectivity index (χ3v) is 3.25. The molecule has 5 nitrogen and oxygen atoms in total. The predicted molar refractivity (Wildman–Crippen MR) is 65.0 cm³/mol. The molecule has 0 saturated carbocycles. The van der Waals surface area contributed by atoms with Crippen LogP contribution in [-0.4, -0.2) is 25.8 Å². The van der Waals surface area contributed by atoms with Crippen LogP contribution in [0, 0.1) is 0 Å². The summed E-state index contributed by atoms with van der Waals surface area (Å²) in [6.45, 7) is 0.637. The first kappa shape index (κ1) is 12.9. The first-order valence-electron chi connectivity index (χ1n) is 6.19. The number of nitrogens with zero attached hydrogens (tertiary/aromatic N) is 4. The van der Waals surface area contributed by atoms with Crippen LogP contribution in [0.2, 0.25) is 0 Å². The zero-order valence-corrected chi connectivity index (χ0v) is 10.4. The average Bonchev–Trinajstić information content (AvgIpc) is 2.86. The van der Waals surface area contributed by atoms with Gasteiger partial charge in [-0.1, -0.05) is 0 Å². The van der Waals surface area contributed by atoms with Crippen LogP contribution in [0.15, 0.2) is 24.7 Å². The fourth-order valence-electron chi connectivity index (χ4n) is 2.21. The van der Waals surface area contributed by atoms with Crippen molar-refractivity contribution in [1.82, 2.24) is 19.7 Å². The second-order valence-corrected chi connectivity index (χ2v) is 4.67. The fourth-order valence-corrected chi connectivity index (χ4v) is 2.21. The van der Waals surface area contributed by atoms with Crippen molar-refractivity contribution < 1.29 is 13.2 Å². The molecule has 0 saturated heterocycles. The number of aryl methyl sites for hydroxylation is 1. The molecule has 0 amide bonds. The smallest absolute Gasteiger partial charge is 0.365 e. The largest absolute Gasteiger partial charge is 0.417 e. The monoisotopic (exact) mass is 283 g/mol. The second kappa shape index (κ2) is 4.77. The highest BCUT2D eigenvalue weighted by Crippen LogP contribution is 2.29. The van der Waals surface area contributed by atoms with Crippen LogP contribution in [0.1, 0.15) is 17.8 Å². The minimum absolute atomic E-state index is 0.0911. The Morgan fingerprint density at radius 2 is 2.10 bits per heavy atom. The molecule has 1 aliphatic rings. The molecule has 0 radical (unpaired) electrons. The van der Waals surface area contributed by atoms with Crippen LogP contribution in [0.4, 0.5) is 19.0 Å². The Hall–Kier alpha value is -2.12. The van der Waals surface area contributed by atoms with Gasteiger partial charge in [0.1, 0.15) is 18.0 Å². The standard InChI is InChI=1S/C12H12F3N5/c13-12(14,15)8-1-3-10(16-5-8)19-9-2-4-11-17-7-18-20(11)6-9/h1,3,5,7,9H,2,4,6H2,(H,16,19). The minimum Gasteiger partial charge on any atom is -0.365 e. The van der Waals surface area contributed by atoms with E-state index in [1.54, 1.807) is 4.68 Å². The van der Waals surface area contributed by atoms with Gasteiger partial charge >= 0.3 is 6.18 Å². The highest BCUT2D eigenvalue weighted by molar-refractivity contribution is 5.37. The third-order valence-electron chi connectivity index (χ3n) is 3.25. The number of hydrogen-bond donors (Lipinski definition) is 1. The molecular formula is C12H12F3N5. The molecule has 0 aromatic carbocycles. The number of aromatic nitrogens is 4. The number of fused-ring (bicyclic) bond motifs is 1. The van der Waals surface area contributed by atoms with Crippen molar-refractivity contribution in [1.29, 1.82) is 0 Å². The molecule has 0 spiro atoms. The minimum atomic E-state index is -4.36. The summed E-state index contributed by atoms with van der Waals surface area (Å²) in [4.78, 5) is 7.93. The number of rotatable bonds is 2. The summed E-state index contributed by atoms with van der Waals surface area (Å²) in [6.07, 6.45) is -0.369. The lowest BCUT2D eigenvalue weighted by atomic mass is 10.1. The van der Waals surface area contributed by atoms with Crippen LogP contribution >= 0.6 is 0 Å². The number of hydrogen-bond acceptors (Lipinski definition) is 4. The molecule has 0 aliphatic carbocycles. The second-order valence-electron chi connectivity index (χ2n) is 4.67. The quantitative estimate of drug-likeness (QED) is 0.917. The van der Waals surface area contributed by atoms with E-state index >= 15 is 0 Å². The maximum atomic E-state index is 12.4. The van der Waals surface area contributed by atoms with Crippen LogP contribution in [0.3, 0.4) is 0 Å². The van der Waals surface area contributed by atoms with E-state index in [0.717, 1.165) is 30.9 Å². The molecule has 0 bridgehead atoms. The highest BCUT2D eigenvalue weighted by Gasteiger charge is 2.30. The summed E-state index contributed by atoms with van der Waals surface area (Å²) in [7, 11) is 0. The Morgan fingerprint density at radius 1 is 1.25 bits per heavy atom. The SMILES string of the molecule is FC(F)(F)c1ccc(NC2CCc3ncnn3C2)nc1. The van der Waals surface area contributed by atoms with Gasteiger partial charge in [0, 0.05) is 18.7 Å². The van der Waals surface area contributed by atoms with Crippen molar-refractivity contribution in [3.63, 3.8) is 0 Å². The van der Waals surface area contributed by atoms with Crippen LogP contribution in [-0.2, 0) is 19.1 Å². The van der Waals surface area contributed by atoms with Crippen molar-refractivity contribution >= 4 is 5.82 Å². The molecule has 1 N–H and O–H groups in total. The van der Waals surface area contributed by atoms with Crippen LogP contribution < -0.4 is 5.32 Å². The Morgan fingerprint density at radius 3 is 2.80 bits per heavy atom. The Bertz CT molecular complexity index is 590. The first-order chi connectivity index (χ1) is 9.52. The molecular weight excluding hydrogens is 271 g/mol. The molecule has 2 aromatic rings. The molecule has 8 heteroatoms. The summed E-state index contributed by atoms with van der Waals surface area (Å²) in [5, 5.41) is 7.21. The van der Waals surface area contributed by atoms with Gasteiger partial charge < -0.3 is 5.32 Å². The van der Waals surface area contributed by atoms with Gasteiger partial charge in [0.25, 0.3) is 0 Å². The summed E-state index contributed by atoms with van der Waals surface area (Å²) < 4.78 is 39.1. The van der Waals surface area contributed by atoms with Crippen molar-refractivity contribution in [2.75, 3.05) is 5.32 Å². The van der Waals surface area contributed by atoms with Gasteiger partial charge in [-0.2, -0.15) is 18.3 Å². The van der Waals surface area contributed by atoms with Crippen molar-refractivity contribution in [2.24, 2.45) is 0 Å². The van der Waals surface area contributed by atoms with Gasteiger partial charge in [0.2, 0.25) is 0 Å². The number of nitrogens with one attached hydrogen (secondary N) is 1. The summed E-state index contributed by atoms with van der Waals surface area (Å²) >= 11 is 0. The van der Waals surface area contributed by atoms with E-state index in [1.807, 2.05) is 0 Å². The lowest BCUT2D eigenvalue weighted by Crippen LogP contribution is -2.32. The van der Waals surface area contributed by atoms with Crippen molar-refractivity contribution in [3.8, 4) is 0 Å². The fraction of sp³-hybridized carbons (Fsp3) is 0.417. The Kier molecular flexibility index (Phi) is 3.07. The normalized spacial score (nSPS) is 18.6. The molecule has 1 aliphatic heterocycles. The van der Waals surface area contributed by atoms with E-state index < -0.39 is 11.7 Å². The van der Waals surface area contributed by atoms with E-state index in [9.17, 15) is 13.2 Å². The van der Waals surface area contributed by atoms with Gasteiger partial charge in [0.05, 0.1) is 12.1 Å². The van der Waals surface area contributed by atoms with Crippen LogP contribution in [0.5, 0.6) is 0 Å². The van der Waals surface area contributed by atoms with Crippen molar-refractivity contribution in [3.05, 3.63) is 36.0 Å². The van der Waals surface area contributed by atoms with E-state index in [2.05, 4.69) is 20.4 Å². The summed E-state index contributed by atoms with van der Waals surface area (Å²) in [6, 6.07) is 2.46. The van der Waals surface area contributed by atoms with E-state index in [4.69, 9.17) is 0 Å². The zero-order valence-electron chi connectivity index (χ0n) is 10.4. The number of pyridine rings is 1. The van der Waals surface area contributed by atoms with E-state index in [-0.39, 0.29) is 6.04 Å². The topological polar surface area (TPSA) is 55.6 Å². The summed E-state index contributed by atoms with van der Waals surface area (Å²) in [5.74, 6) is 1.37. The molecule has 2 aromatic heterocycles. The number of alkyl halides is 3. The Balaban J connectivity index is 1.67. The lowest BCUT2D eigenvalue weighted by molar-refractivity contribution is -0.137. The first-order valence-corrected chi connectivity index (χ1v) is 6.19. The molecule has 1 unspecified atom stereocenters. The number of halogens is 3. The van der Waals surface area contributed by atoms with E-state index in [1.165, 1.54) is 12.4 Å². The van der Waals surface area contributed by atoms with Gasteiger partial charge in [0.15, 0.2) is 0 Å². The molecule has 3 heterocycles. The van der Waals surface area contributed by atoms with Crippen LogP contribution in [0.25, 0.3) is 0 Å². The lowest BCUT2D eigenvalue weighted by Gasteiger charge is -2.24. The third kappa shape index (κ3) is 2.59. The van der Waals surface area contributed by atoms with Crippen molar-refractivity contribution in [2.45, 2.75) is 31.6 Å². The van der Waals surface area contributed by atoms with Gasteiger partial charge in [-0.25, -0.2) is 14.6 Å². The Labute approximate surface area is 112 Å². The molecule has 1 atom stereocenters. The molecule has 106 valence electrons. The van der Waals surface area contributed by atoms with Gasteiger partial charge in [-0.05, 0) is 18.6 Å².